The van der Waals surface area contributed by atoms with Crippen LogP contribution in [0.25, 0.3) is 11.1 Å². The molecule has 0 aliphatic heterocycles. The predicted octanol–water partition coefficient (Wildman–Crippen LogP) is 2.39. The lowest BCUT2D eigenvalue weighted by Crippen LogP contribution is -2.10. The van der Waals surface area contributed by atoms with Gasteiger partial charge in [-0.2, -0.15) is 4.39 Å². The van der Waals surface area contributed by atoms with Crippen molar-refractivity contribution in [1.82, 2.24) is 9.97 Å². The van der Waals surface area contributed by atoms with Gasteiger partial charge in [0.15, 0.2) is 5.75 Å². The van der Waals surface area contributed by atoms with Crippen LogP contribution in [0, 0.1) is 12.9 Å². The number of aromatic nitrogens is 2. The third-order valence-corrected chi connectivity index (χ3v) is 3.05. The van der Waals surface area contributed by atoms with Crippen LogP contribution in [0.3, 0.4) is 0 Å². The Morgan fingerprint density at radius 2 is 1.91 bits per heavy atom. The number of ether oxygens (including phenoxy) is 3. The monoisotopic (exact) mass is 306 g/mol. The van der Waals surface area contributed by atoms with E-state index in [0.717, 1.165) is 0 Å². The molecule has 0 spiro atoms. The molecule has 0 bridgehead atoms. The van der Waals surface area contributed by atoms with Gasteiger partial charge in [0.05, 0.1) is 21.3 Å². The minimum absolute atomic E-state index is 0.227. The Morgan fingerprint density at radius 3 is 2.50 bits per heavy atom. The minimum atomic E-state index is -0.903. The van der Waals surface area contributed by atoms with Gasteiger partial charge in [-0.1, -0.05) is 0 Å². The molecular formula is C15H15FN2O4. The van der Waals surface area contributed by atoms with Crippen LogP contribution in [0.1, 0.15) is 16.1 Å². The van der Waals surface area contributed by atoms with Crippen LogP contribution in [0.2, 0.25) is 0 Å². The van der Waals surface area contributed by atoms with E-state index in [1.54, 1.807) is 19.1 Å². The smallest absolute Gasteiger partial charge is 0.343 e. The van der Waals surface area contributed by atoms with E-state index in [0.29, 0.717) is 22.6 Å². The van der Waals surface area contributed by atoms with Gasteiger partial charge in [0, 0.05) is 23.0 Å². The molecule has 2 rings (SSSR count). The van der Waals surface area contributed by atoms with E-state index in [4.69, 9.17) is 9.47 Å². The molecule has 2 heterocycles. The van der Waals surface area contributed by atoms with E-state index in [1.807, 2.05) is 0 Å². The summed E-state index contributed by atoms with van der Waals surface area (Å²) in [4.78, 5) is 19.6. The van der Waals surface area contributed by atoms with Gasteiger partial charge in [-0.05, 0) is 19.1 Å². The van der Waals surface area contributed by atoms with Crippen molar-refractivity contribution in [2.75, 3.05) is 21.3 Å². The first-order valence-electron chi connectivity index (χ1n) is 6.36. The Labute approximate surface area is 126 Å². The zero-order valence-corrected chi connectivity index (χ0v) is 12.6. The number of methoxy groups -OCH3 is 3. The van der Waals surface area contributed by atoms with Gasteiger partial charge < -0.3 is 14.2 Å². The molecule has 0 aliphatic rings. The first-order chi connectivity index (χ1) is 10.5. The zero-order chi connectivity index (χ0) is 16.3. The molecule has 0 unspecified atom stereocenters. The van der Waals surface area contributed by atoms with Gasteiger partial charge in [-0.15, -0.1) is 0 Å². The molecule has 116 valence electrons. The standard InChI is InChI=1S/C15H15FN2O4/c1-8-7-10(11(13(16)18-8)15(19)22-4)9-5-6-17-14(21-3)12(9)20-2/h5-7H,1-4H3. The lowest BCUT2D eigenvalue weighted by molar-refractivity contribution is 0.0595. The SMILES string of the molecule is COC(=O)c1c(-c2ccnc(OC)c2OC)cc(C)nc1F. The third kappa shape index (κ3) is 2.69. The lowest BCUT2D eigenvalue weighted by atomic mass is 10.0. The molecule has 6 nitrogen and oxygen atoms in total. The summed E-state index contributed by atoms with van der Waals surface area (Å²) < 4.78 is 29.2. The second-order valence-corrected chi connectivity index (χ2v) is 4.37. The number of pyridine rings is 2. The van der Waals surface area contributed by atoms with Crippen molar-refractivity contribution < 1.29 is 23.4 Å². The van der Waals surface area contributed by atoms with Crippen LogP contribution >= 0.6 is 0 Å². The van der Waals surface area contributed by atoms with E-state index in [1.165, 1.54) is 27.5 Å². The number of carbonyl (C=O) groups is 1. The van der Waals surface area contributed by atoms with Crippen LogP contribution in [0.15, 0.2) is 18.3 Å². The Morgan fingerprint density at radius 1 is 1.18 bits per heavy atom. The van der Waals surface area contributed by atoms with E-state index in [-0.39, 0.29) is 11.4 Å². The fraction of sp³-hybridized carbons (Fsp3) is 0.267. The number of hydrogen-bond acceptors (Lipinski definition) is 6. The van der Waals surface area contributed by atoms with E-state index in [2.05, 4.69) is 14.7 Å². The van der Waals surface area contributed by atoms with Gasteiger partial charge in [-0.3, -0.25) is 0 Å². The molecule has 0 N–H and O–H groups in total. The van der Waals surface area contributed by atoms with Gasteiger partial charge >= 0.3 is 5.97 Å². The summed E-state index contributed by atoms with van der Waals surface area (Å²) >= 11 is 0. The highest BCUT2D eigenvalue weighted by Crippen LogP contribution is 2.38. The summed E-state index contributed by atoms with van der Waals surface area (Å²) in [5.41, 5.74) is 0.909. The number of hydrogen-bond donors (Lipinski definition) is 0. The van der Waals surface area contributed by atoms with Crippen molar-refractivity contribution in [3.8, 4) is 22.8 Å². The maximum atomic E-state index is 14.2. The Kier molecular flexibility index (Phi) is 4.55. The highest BCUT2D eigenvalue weighted by atomic mass is 19.1. The molecule has 0 saturated heterocycles. The highest BCUT2D eigenvalue weighted by molar-refractivity contribution is 5.98. The topological polar surface area (TPSA) is 70.5 Å². The normalized spacial score (nSPS) is 10.2. The van der Waals surface area contributed by atoms with Crippen molar-refractivity contribution >= 4 is 5.97 Å². The zero-order valence-electron chi connectivity index (χ0n) is 12.6. The molecule has 2 aromatic heterocycles. The summed E-state index contributed by atoms with van der Waals surface area (Å²) in [6.07, 6.45) is 1.48. The van der Waals surface area contributed by atoms with Crippen LogP contribution in [0.4, 0.5) is 4.39 Å². The van der Waals surface area contributed by atoms with E-state index >= 15 is 0 Å². The second kappa shape index (κ2) is 6.38. The van der Waals surface area contributed by atoms with Crippen LogP contribution in [-0.2, 0) is 4.74 Å². The Hall–Kier alpha value is -2.70. The van der Waals surface area contributed by atoms with Gasteiger partial charge in [0.1, 0.15) is 5.56 Å². The summed E-state index contributed by atoms with van der Waals surface area (Å²) in [5.74, 6) is -1.21. The summed E-state index contributed by atoms with van der Waals surface area (Å²) in [7, 11) is 4.05. The summed E-state index contributed by atoms with van der Waals surface area (Å²) in [6, 6.07) is 3.18. The quantitative estimate of drug-likeness (QED) is 0.638. The molecule has 0 fully saturated rings. The van der Waals surface area contributed by atoms with Gasteiger partial charge in [0.25, 0.3) is 5.88 Å². The summed E-state index contributed by atoms with van der Waals surface area (Å²) in [5, 5.41) is 0. The molecule has 0 amide bonds. The Bertz CT molecular complexity index is 719. The molecule has 0 atom stereocenters. The number of carbonyl (C=O) groups excluding carboxylic acids is 1. The molecule has 22 heavy (non-hydrogen) atoms. The van der Waals surface area contributed by atoms with E-state index in [9.17, 15) is 9.18 Å². The maximum Gasteiger partial charge on any atom is 0.343 e. The van der Waals surface area contributed by atoms with Gasteiger partial charge in [-0.25, -0.2) is 14.8 Å². The fourth-order valence-corrected chi connectivity index (χ4v) is 2.13. The number of nitrogens with zero attached hydrogens (tertiary/aromatic N) is 2. The molecular weight excluding hydrogens is 291 g/mol. The number of halogens is 1. The predicted molar refractivity (Wildman–Crippen MR) is 76.6 cm³/mol. The minimum Gasteiger partial charge on any atom is -0.491 e. The van der Waals surface area contributed by atoms with Crippen molar-refractivity contribution in [3.63, 3.8) is 0 Å². The number of esters is 1. The Balaban J connectivity index is 2.80. The number of rotatable bonds is 4. The second-order valence-electron chi connectivity index (χ2n) is 4.37. The molecule has 0 aliphatic carbocycles. The first-order valence-corrected chi connectivity index (χ1v) is 6.36. The van der Waals surface area contributed by atoms with Crippen molar-refractivity contribution in [2.24, 2.45) is 0 Å². The van der Waals surface area contributed by atoms with Crippen LogP contribution in [-0.4, -0.2) is 37.3 Å². The van der Waals surface area contributed by atoms with Crippen molar-refractivity contribution in [2.45, 2.75) is 6.92 Å². The average Bonchev–Trinajstić information content (AvgIpc) is 2.52. The van der Waals surface area contributed by atoms with E-state index < -0.39 is 11.9 Å². The summed E-state index contributed by atoms with van der Waals surface area (Å²) in [6.45, 7) is 1.62. The van der Waals surface area contributed by atoms with Crippen molar-refractivity contribution in [3.05, 3.63) is 35.5 Å². The molecule has 2 aromatic rings. The fourth-order valence-electron chi connectivity index (χ4n) is 2.13. The average molecular weight is 306 g/mol. The number of aryl methyl sites for hydroxylation is 1. The lowest BCUT2D eigenvalue weighted by Gasteiger charge is -2.14. The third-order valence-electron chi connectivity index (χ3n) is 3.05. The first kappa shape index (κ1) is 15.7. The molecule has 7 heteroatoms. The highest BCUT2D eigenvalue weighted by Gasteiger charge is 2.24. The van der Waals surface area contributed by atoms with Gasteiger partial charge in [0.2, 0.25) is 5.95 Å². The molecule has 0 aromatic carbocycles. The van der Waals surface area contributed by atoms with Crippen LogP contribution < -0.4 is 9.47 Å². The maximum absolute atomic E-state index is 14.2. The largest absolute Gasteiger partial charge is 0.491 e. The molecule has 0 saturated carbocycles. The molecule has 0 radical (unpaired) electrons. The van der Waals surface area contributed by atoms with Crippen LogP contribution in [0.5, 0.6) is 11.6 Å². The van der Waals surface area contributed by atoms with Crippen molar-refractivity contribution in [1.29, 1.82) is 0 Å².